The van der Waals surface area contributed by atoms with Crippen LogP contribution in [0.3, 0.4) is 0 Å². The third-order valence-electron chi connectivity index (χ3n) is 11.2. The summed E-state index contributed by atoms with van der Waals surface area (Å²) in [6.07, 6.45) is 6.13. The number of ether oxygens (including phenoxy) is 2. The Morgan fingerprint density at radius 1 is 1.07 bits per heavy atom. The predicted molar refractivity (Wildman–Crippen MR) is 206 cm³/mol. The number of urea groups is 1. The Kier molecular flexibility index (Phi) is 11.8. The maximum absolute atomic E-state index is 12.6. The average molecular weight is 779 g/mol. The summed E-state index contributed by atoms with van der Waals surface area (Å²) >= 11 is 1.76. The maximum Gasteiger partial charge on any atom is 0.351 e. The number of aliphatic hydroxyl groups is 2. The average Bonchev–Trinajstić information content (AvgIpc) is 3.96. The molecule has 0 radical (unpaired) electrons. The number of hydrogen-bond acceptors (Lipinski definition) is 13. The van der Waals surface area contributed by atoms with Crippen molar-refractivity contribution in [2.24, 2.45) is 5.92 Å². The third kappa shape index (κ3) is 8.41. The molecule has 0 spiro atoms. The van der Waals surface area contributed by atoms with Crippen molar-refractivity contribution < 1.29 is 29.3 Å². The van der Waals surface area contributed by atoms with Gasteiger partial charge in [-0.15, -0.1) is 0 Å². The molecule has 55 heavy (non-hydrogen) atoms. The highest BCUT2D eigenvalue weighted by molar-refractivity contribution is 8.00. The first-order valence-corrected chi connectivity index (χ1v) is 20.1. The van der Waals surface area contributed by atoms with E-state index >= 15 is 0 Å². The molecule has 4 fully saturated rings. The zero-order chi connectivity index (χ0) is 38.8. The highest BCUT2D eigenvalue weighted by Crippen LogP contribution is 2.35. The van der Waals surface area contributed by atoms with E-state index in [0.29, 0.717) is 61.0 Å². The lowest BCUT2D eigenvalue weighted by molar-refractivity contribution is -0.120. The Labute approximate surface area is 322 Å². The topological polar surface area (TPSA) is 247 Å². The minimum Gasteiger partial charge on any atom is -0.388 e. The molecular formula is C37H50N10O7S. The van der Waals surface area contributed by atoms with E-state index in [1.807, 2.05) is 0 Å². The lowest BCUT2D eigenvalue weighted by atomic mass is 10.0. The fraction of sp³-hybridized carbons (Fsp3) is 0.622. The quantitative estimate of drug-likeness (QED) is 0.0722. The van der Waals surface area contributed by atoms with Gasteiger partial charge in [-0.05, 0) is 44.4 Å². The van der Waals surface area contributed by atoms with Gasteiger partial charge in [0.1, 0.15) is 48.2 Å². The van der Waals surface area contributed by atoms with Gasteiger partial charge in [0.25, 0.3) is 0 Å². The second kappa shape index (κ2) is 16.8. The molecule has 4 unspecified atom stereocenters. The molecular weight excluding hydrogens is 729 g/mol. The second-order valence-corrected chi connectivity index (χ2v) is 16.2. The maximum atomic E-state index is 12.6. The van der Waals surface area contributed by atoms with Crippen molar-refractivity contribution in [1.82, 2.24) is 40.0 Å². The van der Waals surface area contributed by atoms with Crippen molar-refractivity contribution in [3.63, 3.8) is 0 Å². The number of carbonyl (C=O) groups is 2. The molecule has 0 saturated carbocycles. The molecule has 3 amide bonds. The lowest BCUT2D eigenvalue weighted by Crippen LogP contribution is -2.37. The number of aromatic nitrogens is 5. The number of anilines is 2. The van der Waals surface area contributed by atoms with Crippen molar-refractivity contribution in [3.05, 3.63) is 40.3 Å². The van der Waals surface area contributed by atoms with Gasteiger partial charge in [0, 0.05) is 35.4 Å². The van der Waals surface area contributed by atoms with Crippen LogP contribution in [0.1, 0.15) is 76.1 Å². The highest BCUT2D eigenvalue weighted by atomic mass is 32.2. The number of nitrogens with two attached hydrogens (primary N) is 2. The summed E-state index contributed by atoms with van der Waals surface area (Å²) in [5.74, 6) is 7.56. The number of amides is 3. The number of rotatable bonds is 13. The Morgan fingerprint density at radius 3 is 2.69 bits per heavy atom. The SMILES string of the molecule is CC[C@H]1O[C@@H](n2cc(CCCC[C@H]3O[C@@H](Cn4cc(C#CCNC(=O)CCC5SCC6NC(=O)NC65)c5c(N)ncnc54)[C@@H](O)C3O)c(N)nc2=O)C[C@@H]1C. The summed E-state index contributed by atoms with van der Waals surface area (Å²) in [4.78, 5) is 49.4. The summed E-state index contributed by atoms with van der Waals surface area (Å²) in [7, 11) is 0. The molecule has 4 aliphatic heterocycles. The standard InChI is InChI=1S/C37H50N10O7S/c1-3-23-19(2)13-28(54-23)47-15-21(33(38)45-37(47)52)7-4-5-9-24-31(49)32(50)25(53-24)16-46-14-20(29-34(39)41-18-42-35(29)46)8-6-12-40-27(48)11-10-26-30-22(17-55-26)43-36(51)44-30/h14-15,18-19,22-26,28,30-32,49-50H,3-5,7,9-13,16-17H2,1-2H3,(H,40,48)(H2,38,45,52)(H2,39,41,42)(H2,43,44,51)/t19-,22?,23+,24+,25-,26?,28+,30?,31?,32+/m0/s1. The Hall–Kier alpha value is -4.41. The summed E-state index contributed by atoms with van der Waals surface area (Å²) in [5, 5.41) is 31.3. The molecule has 4 saturated heterocycles. The summed E-state index contributed by atoms with van der Waals surface area (Å²) in [5.41, 5.74) is 13.8. The molecule has 9 N–H and O–H groups in total. The second-order valence-electron chi connectivity index (χ2n) is 14.9. The van der Waals surface area contributed by atoms with E-state index in [1.54, 1.807) is 33.3 Å². The number of fused-ring (bicyclic) bond motifs is 2. The van der Waals surface area contributed by atoms with Crippen LogP contribution in [0.4, 0.5) is 16.4 Å². The van der Waals surface area contributed by atoms with Gasteiger partial charge in [-0.3, -0.25) is 9.36 Å². The van der Waals surface area contributed by atoms with E-state index in [0.717, 1.165) is 24.2 Å². The molecule has 18 heteroatoms. The first kappa shape index (κ1) is 38.8. The van der Waals surface area contributed by atoms with Crippen LogP contribution in [-0.4, -0.2) is 106 Å². The van der Waals surface area contributed by atoms with Crippen LogP contribution >= 0.6 is 11.8 Å². The monoisotopic (exact) mass is 778 g/mol. The van der Waals surface area contributed by atoms with E-state index in [4.69, 9.17) is 20.9 Å². The zero-order valence-electron chi connectivity index (χ0n) is 31.0. The van der Waals surface area contributed by atoms with Gasteiger partial charge < -0.3 is 51.7 Å². The minimum atomic E-state index is -1.13. The number of aryl methyl sites for hydroxylation is 1. The van der Waals surface area contributed by atoms with E-state index in [1.165, 1.54) is 6.33 Å². The van der Waals surface area contributed by atoms with Crippen molar-refractivity contribution in [1.29, 1.82) is 0 Å². The minimum absolute atomic E-state index is 0.0443. The Morgan fingerprint density at radius 2 is 1.89 bits per heavy atom. The largest absolute Gasteiger partial charge is 0.388 e. The van der Waals surface area contributed by atoms with Crippen molar-refractivity contribution >= 4 is 46.4 Å². The molecule has 3 aromatic rings. The summed E-state index contributed by atoms with van der Waals surface area (Å²) in [6, 6.07) is 0.00436. The van der Waals surface area contributed by atoms with Crippen LogP contribution in [0.15, 0.2) is 23.5 Å². The lowest BCUT2D eigenvalue weighted by Gasteiger charge is -2.17. The van der Waals surface area contributed by atoms with Crippen LogP contribution < -0.4 is 33.1 Å². The number of nitrogens with one attached hydrogen (secondary N) is 3. The summed E-state index contributed by atoms with van der Waals surface area (Å²) < 4.78 is 15.6. The van der Waals surface area contributed by atoms with Gasteiger partial charge in [0.15, 0.2) is 0 Å². The van der Waals surface area contributed by atoms with Crippen LogP contribution in [0.5, 0.6) is 0 Å². The van der Waals surface area contributed by atoms with E-state index < -0.39 is 30.1 Å². The Balaban J connectivity index is 0.914. The molecule has 0 bridgehead atoms. The van der Waals surface area contributed by atoms with Crippen molar-refractivity contribution in [2.75, 3.05) is 23.8 Å². The Bertz CT molecular complexity index is 2010. The molecule has 7 rings (SSSR count). The molecule has 0 aromatic carbocycles. The van der Waals surface area contributed by atoms with Crippen LogP contribution in [0.2, 0.25) is 0 Å². The van der Waals surface area contributed by atoms with Crippen LogP contribution in [-0.2, 0) is 27.2 Å². The number of aliphatic hydroxyl groups excluding tert-OH is 2. The fourth-order valence-electron chi connectivity index (χ4n) is 8.20. The molecule has 3 aromatic heterocycles. The number of carbonyl (C=O) groups excluding carboxylic acids is 2. The van der Waals surface area contributed by atoms with Gasteiger partial charge in [0.2, 0.25) is 5.91 Å². The molecule has 10 atom stereocenters. The smallest absolute Gasteiger partial charge is 0.351 e. The number of thioether (sulfide) groups is 1. The first-order chi connectivity index (χ1) is 26.5. The van der Waals surface area contributed by atoms with E-state index in [9.17, 15) is 24.6 Å². The number of unbranched alkanes of at least 4 members (excludes halogenated alkanes) is 1. The number of hydrogen-bond donors (Lipinski definition) is 7. The van der Waals surface area contributed by atoms with Gasteiger partial charge in [0.05, 0.1) is 48.3 Å². The zero-order valence-corrected chi connectivity index (χ0v) is 31.8. The third-order valence-corrected chi connectivity index (χ3v) is 12.7. The molecule has 7 heterocycles. The van der Waals surface area contributed by atoms with E-state index in [-0.39, 0.29) is 66.3 Å². The first-order valence-electron chi connectivity index (χ1n) is 19.1. The molecule has 4 aliphatic rings. The number of nitrogen functional groups attached to an aromatic ring is 2. The van der Waals surface area contributed by atoms with Gasteiger partial charge in [-0.25, -0.2) is 19.6 Å². The van der Waals surface area contributed by atoms with Gasteiger partial charge in [-0.2, -0.15) is 16.7 Å². The molecule has 296 valence electrons. The van der Waals surface area contributed by atoms with E-state index in [2.05, 4.69) is 56.6 Å². The van der Waals surface area contributed by atoms with Gasteiger partial charge >= 0.3 is 11.7 Å². The summed E-state index contributed by atoms with van der Waals surface area (Å²) in [6.45, 7) is 4.50. The predicted octanol–water partition coefficient (Wildman–Crippen LogP) is 0.802. The van der Waals surface area contributed by atoms with Crippen molar-refractivity contribution in [3.8, 4) is 11.8 Å². The van der Waals surface area contributed by atoms with Crippen molar-refractivity contribution in [2.45, 2.75) is 126 Å². The fourth-order valence-corrected chi connectivity index (χ4v) is 9.69. The molecule has 17 nitrogen and oxygen atoms in total. The number of nitrogens with zero attached hydrogens (tertiary/aromatic N) is 5. The van der Waals surface area contributed by atoms with Crippen LogP contribution in [0, 0.1) is 17.8 Å². The van der Waals surface area contributed by atoms with Crippen LogP contribution in [0.25, 0.3) is 11.0 Å². The highest BCUT2D eigenvalue weighted by Gasteiger charge is 2.44. The normalized spacial score (nSPS) is 29.9. The molecule has 0 aliphatic carbocycles. The van der Waals surface area contributed by atoms with Gasteiger partial charge in [-0.1, -0.05) is 32.1 Å².